The molecule has 0 fully saturated rings. The summed E-state index contributed by atoms with van der Waals surface area (Å²) in [4.78, 5) is 9.87. The summed E-state index contributed by atoms with van der Waals surface area (Å²) < 4.78 is 30.0. The normalized spacial score (nSPS) is 13.2. The molecular formula is C15H14BrN3O5S. The summed E-state index contributed by atoms with van der Waals surface area (Å²) in [7, 11) is -4.12. The Hall–Kier alpha value is -2.17. The predicted octanol–water partition coefficient (Wildman–Crippen LogP) is 2.55. The zero-order valence-corrected chi connectivity index (χ0v) is 15.3. The molecule has 3 rings (SSSR count). The number of non-ortho nitro benzene ring substituents is 1. The van der Waals surface area contributed by atoms with E-state index in [1.807, 2.05) is 12.1 Å². The molecule has 10 heteroatoms. The molecule has 0 atom stereocenters. The molecule has 132 valence electrons. The number of nitro groups is 1. The summed E-state index contributed by atoms with van der Waals surface area (Å²) in [6.07, 6.45) is 0.807. The Bertz CT molecular complexity index is 962. The average molecular weight is 428 g/mol. The van der Waals surface area contributed by atoms with Gasteiger partial charge in [-0.2, -0.15) is 0 Å². The Morgan fingerprint density at radius 1 is 1.32 bits per heavy atom. The molecule has 0 amide bonds. The third-order valence-electron chi connectivity index (χ3n) is 3.78. The summed E-state index contributed by atoms with van der Waals surface area (Å²) in [6, 6.07) is 7.35. The Labute approximate surface area is 152 Å². The van der Waals surface area contributed by atoms with Gasteiger partial charge in [-0.05, 0) is 23.8 Å². The molecule has 2 aromatic carbocycles. The van der Waals surface area contributed by atoms with E-state index in [2.05, 4.69) is 21.2 Å². The SMILES string of the molecule is NS(=O)(=O)c1cc([N+](=O)[O-])ccc1NCc1cc(Br)cc2c1OCC2. The zero-order valence-electron chi connectivity index (χ0n) is 12.9. The van der Waals surface area contributed by atoms with E-state index < -0.39 is 14.9 Å². The zero-order chi connectivity index (χ0) is 18.2. The van der Waals surface area contributed by atoms with Crippen LogP contribution in [0.1, 0.15) is 11.1 Å². The highest BCUT2D eigenvalue weighted by Gasteiger charge is 2.21. The van der Waals surface area contributed by atoms with Gasteiger partial charge in [0.2, 0.25) is 10.0 Å². The highest BCUT2D eigenvalue weighted by atomic mass is 79.9. The number of sulfonamides is 1. The van der Waals surface area contributed by atoms with Crippen LogP contribution in [0, 0.1) is 10.1 Å². The molecule has 0 bridgehead atoms. The lowest BCUT2D eigenvalue weighted by molar-refractivity contribution is -0.385. The Kier molecular flexibility index (Phi) is 4.67. The van der Waals surface area contributed by atoms with Gasteiger partial charge in [-0.3, -0.25) is 10.1 Å². The summed E-state index contributed by atoms with van der Waals surface area (Å²) >= 11 is 3.44. The van der Waals surface area contributed by atoms with E-state index in [4.69, 9.17) is 9.88 Å². The van der Waals surface area contributed by atoms with Crippen molar-refractivity contribution in [2.24, 2.45) is 5.14 Å². The molecule has 2 aromatic rings. The standard InChI is InChI=1S/C15H14BrN3O5S/c16-11-5-9-3-4-24-15(9)10(6-11)8-18-13-2-1-12(19(20)21)7-14(13)25(17,22)23/h1-2,5-7,18H,3-4,8H2,(H2,17,22,23). The molecule has 0 saturated carbocycles. The van der Waals surface area contributed by atoms with Crippen molar-refractivity contribution in [3.63, 3.8) is 0 Å². The number of nitrogens with two attached hydrogens (primary N) is 1. The highest BCUT2D eigenvalue weighted by molar-refractivity contribution is 9.10. The van der Waals surface area contributed by atoms with Gasteiger partial charge in [0.05, 0.1) is 17.2 Å². The minimum atomic E-state index is -4.12. The molecule has 0 aromatic heterocycles. The maximum atomic E-state index is 11.8. The Balaban J connectivity index is 1.93. The van der Waals surface area contributed by atoms with Crippen LogP contribution in [0.3, 0.4) is 0 Å². The number of nitrogens with zero attached hydrogens (tertiary/aromatic N) is 1. The van der Waals surface area contributed by atoms with Crippen LogP contribution >= 0.6 is 15.9 Å². The van der Waals surface area contributed by atoms with E-state index in [9.17, 15) is 18.5 Å². The predicted molar refractivity (Wildman–Crippen MR) is 95.1 cm³/mol. The van der Waals surface area contributed by atoms with Gasteiger partial charge in [-0.1, -0.05) is 15.9 Å². The van der Waals surface area contributed by atoms with Gasteiger partial charge >= 0.3 is 0 Å². The molecule has 8 nitrogen and oxygen atoms in total. The largest absolute Gasteiger partial charge is 0.493 e. The monoisotopic (exact) mass is 427 g/mol. The van der Waals surface area contributed by atoms with Gasteiger partial charge in [-0.15, -0.1) is 0 Å². The van der Waals surface area contributed by atoms with Crippen molar-refractivity contribution in [2.45, 2.75) is 17.9 Å². The van der Waals surface area contributed by atoms with Gasteiger partial charge in [0.1, 0.15) is 10.6 Å². The number of hydrogen-bond acceptors (Lipinski definition) is 6. The topological polar surface area (TPSA) is 125 Å². The van der Waals surface area contributed by atoms with Crippen LogP contribution < -0.4 is 15.2 Å². The van der Waals surface area contributed by atoms with E-state index in [-0.39, 0.29) is 22.8 Å². The van der Waals surface area contributed by atoms with Gasteiger partial charge in [0.25, 0.3) is 5.69 Å². The first-order valence-electron chi connectivity index (χ1n) is 7.25. The van der Waals surface area contributed by atoms with Crippen molar-refractivity contribution >= 4 is 37.3 Å². The van der Waals surface area contributed by atoms with E-state index in [0.717, 1.165) is 33.8 Å². The Morgan fingerprint density at radius 2 is 2.08 bits per heavy atom. The number of ether oxygens (including phenoxy) is 1. The Morgan fingerprint density at radius 3 is 2.76 bits per heavy atom. The number of rotatable bonds is 5. The van der Waals surface area contributed by atoms with Crippen LogP contribution in [0.5, 0.6) is 5.75 Å². The number of benzene rings is 2. The molecule has 0 spiro atoms. The molecule has 0 radical (unpaired) electrons. The second kappa shape index (κ2) is 6.62. The number of anilines is 1. The van der Waals surface area contributed by atoms with Crippen molar-refractivity contribution in [3.05, 3.63) is 56.0 Å². The molecule has 25 heavy (non-hydrogen) atoms. The van der Waals surface area contributed by atoms with Crippen LogP contribution in [0.15, 0.2) is 39.7 Å². The van der Waals surface area contributed by atoms with E-state index in [1.54, 1.807) is 0 Å². The second-order valence-corrected chi connectivity index (χ2v) is 7.93. The minimum Gasteiger partial charge on any atom is -0.493 e. The van der Waals surface area contributed by atoms with Crippen molar-refractivity contribution in [1.29, 1.82) is 0 Å². The number of hydrogen-bond donors (Lipinski definition) is 2. The summed E-state index contributed by atoms with van der Waals surface area (Å²) in [6.45, 7) is 0.876. The third-order valence-corrected chi connectivity index (χ3v) is 5.19. The van der Waals surface area contributed by atoms with Crippen LogP contribution in [0.25, 0.3) is 0 Å². The van der Waals surface area contributed by atoms with Crippen molar-refractivity contribution in [2.75, 3.05) is 11.9 Å². The molecule has 1 aliphatic rings. The fraction of sp³-hybridized carbons (Fsp3) is 0.200. The molecule has 0 aliphatic carbocycles. The lowest BCUT2D eigenvalue weighted by atomic mass is 10.1. The minimum absolute atomic E-state index is 0.194. The third kappa shape index (κ3) is 3.75. The summed E-state index contributed by atoms with van der Waals surface area (Å²) in [5.41, 5.74) is 1.77. The number of halogens is 1. The van der Waals surface area contributed by atoms with Gasteiger partial charge in [0.15, 0.2) is 0 Å². The van der Waals surface area contributed by atoms with E-state index in [0.29, 0.717) is 6.61 Å². The number of nitrogens with one attached hydrogen (secondary N) is 1. The van der Waals surface area contributed by atoms with Crippen molar-refractivity contribution in [1.82, 2.24) is 0 Å². The number of fused-ring (bicyclic) bond motifs is 1. The maximum absolute atomic E-state index is 11.8. The first-order chi connectivity index (χ1) is 11.8. The smallest absolute Gasteiger partial charge is 0.270 e. The fourth-order valence-electron chi connectivity index (χ4n) is 2.67. The molecular weight excluding hydrogens is 414 g/mol. The summed E-state index contributed by atoms with van der Waals surface area (Å²) in [5.74, 6) is 0.773. The lowest BCUT2D eigenvalue weighted by Gasteiger charge is -2.13. The fourth-order valence-corrected chi connectivity index (χ4v) is 3.96. The molecule has 3 N–H and O–H groups in total. The first kappa shape index (κ1) is 17.6. The van der Waals surface area contributed by atoms with E-state index >= 15 is 0 Å². The number of primary sulfonamides is 1. The summed E-state index contributed by atoms with van der Waals surface area (Å²) in [5, 5.41) is 19.0. The van der Waals surface area contributed by atoms with Crippen LogP contribution in [-0.2, 0) is 23.0 Å². The van der Waals surface area contributed by atoms with Crippen LogP contribution in [0.2, 0.25) is 0 Å². The number of nitro benzene ring substituents is 1. The quantitative estimate of drug-likeness (QED) is 0.557. The molecule has 1 heterocycles. The van der Waals surface area contributed by atoms with Crippen LogP contribution in [0.4, 0.5) is 11.4 Å². The van der Waals surface area contributed by atoms with Crippen LogP contribution in [-0.4, -0.2) is 19.9 Å². The van der Waals surface area contributed by atoms with Gasteiger partial charge < -0.3 is 10.1 Å². The maximum Gasteiger partial charge on any atom is 0.270 e. The first-order valence-corrected chi connectivity index (χ1v) is 9.59. The lowest BCUT2D eigenvalue weighted by Crippen LogP contribution is -2.15. The molecule has 0 saturated heterocycles. The van der Waals surface area contributed by atoms with E-state index in [1.165, 1.54) is 12.1 Å². The molecule has 1 aliphatic heterocycles. The average Bonchev–Trinajstić information content (AvgIpc) is 2.99. The van der Waals surface area contributed by atoms with Crippen molar-refractivity contribution in [3.8, 4) is 5.75 Å². The van der Waals surface area contributed by atoms with Gasteiger partial charge in [-0.25, -0.2) is 13.6 Å². The second-order valence-electron chi connectivity index (χ2n) is 5.49. The van der Waals surface area contributed by atoms with Crippen molar-refractivity contribution < 1.29 is 18.1 Å². The molecule has 0 unspecified atom stereocenters. The van der Waals surface area contributed by atoms with Gasteiger partial charge in [0, 0.05) is 35.1 Å². The highest BCUT2D eigenvalue weighted by Crippen LogP contribution is 2.34.